The van der Waals surface area contributed by atoms with E-state index in [0.717, 1.165) is 11.3 Å². The van der Waals surface area contributed by atoms with Gasteiger partial charge >= 0.3 is 6.61 Å². The number of ether oxygens (including phenoxy) is 1. The van der Waals surface area contributed by atoms with E-state index in [1.807, 2.05) is 33.8 Å². The zero-order valence-electron chi connectivity index (χ0n) is 16.4. The monoisotopic (exact) mass is 409 g/mol. The van der Waals surface area contributed by atoms with Crippen LogP contribution in [0.5, 0.6) is 5.75 Å². The van der Waals surface area contributed by atoms with Crippen LogP contribution in [-0.4, -0.2) is 20.8 Å². The summed E-state index contributed by atoms with van der Waals surface area (Å²) in [6.45, 7) is 6.88. The van der Waals surface area contributed by atoms with E-state index in [9.17, 15) is 13.6 Å². The number of hydrogen-bond acceptors (Lipinski definition) is 3. The second-order valence-corrected chi connectivity index (χ2v) is 7.41. The van der Waals surface area contributed by atoms with Crippen molar-refractivity contribution < 1.29 is 13.5 Å². The van der Waals surface area contributed by atoms with E-state index in [4.69, 9.17) is 11.6 Å². The summed E-state index contributed by atoms with van der Waals surface area (Å²) in [6, 6.07) is 4.91. The van der Waals surface area contributed by atoms with Crippen LogP contribution < -0.4 is 10.3 Å². The maximum absolute atomic E-state index is 13.2. The molecule has 0 atom stereocenters. The first-order chi connectivity index (χ1) is 13.1. The normalized spacial score (nSPS) is 11.8. The van der Waals surface area contributed by atoms with Crippen molar-refractivity contribution in [2.24, 2.45) is 0 Å². The van der Waals surface area contributed by atoms with E-state index in [0.29, 0.717) is 29.0 Å². The Morgan fingerprint density at radius 3 is 2.46 bits per heavy atom. The Morgan fingerprint density at radius 1 is 1.21 bits per heavy atom. The minimum atomic E-state index is -2.94. The quantitative estimate of drug-likeness (QED) is 0.583. The third-order valence-corrected chi connectivity index (χ3v) is 5.05. The predicted molar refractivity (Wildman–Crippen MR) is 106 cm³/mol. The maximum Gasteiger partial charge on any atom is 0.387 e. The minimum absolute atomic E-state index is 0.00513. The molecule has 0 amide bonds. The molecule has 0 aliphatic carbocycles. The first kappa shape index (κ1) is 20.3. The summed E-state index contributed by atoms with van der Waals surface area (Å²) < 4.78 is 32.9. The highest BCUT2D eigenvalue weighted by molar-refractivity contribution is 6.33. The van der Waals surface area contributed by atoms with Crippen LogP contribution >= 0.6 is 11.6 Å². The molecule has 3 rings (SSSR count). The SMILES string of the molecule is CCn1c(-c2cc(C)c(OC(F)F)cc2Cl)nn2c(C)cc(C(C)C)c2c1=O. The Labute approximate surface area is 166 Å². The molecule has 0 unspecified atom stereocenters. The summed E-state index contributed by atoms with van der Waals surface area (Å²) in [5.74, 6) is 0.547. The first-order valence-electron chi connectivity index (χ1n) is 9.04. The average molecular weight is 410 g/mol. The van der Waals surface area contributed by atoms with Crippen LogP contribution in [-0.2, 0) is 6.54 Å². The molecule has 2 heterocycles. The van der Waals surface area contributed by atoms with Crippen molar-refractivity contribution in [3.63, 3.8) is 0 Å². The average Bonchev–Trinajstić information content (AvgIpc) is 2.95. The molecule has 0 bridgehead atoms. The van der Waals surface area contributed by atoms with Crippen molar-refractivity contribution in [2.75, 3.05) is 0 Å². The van der Waals surface area contributed by atoms with Crippen molar-refractivity contribution in [3.8, 4) is 17.1 Å². The number of nitrogens with zero attached hydrogens (tertiary/aromatic N) is 3. The van der Waals surface area contributed by atoms with Crippen LogP contribution in [0.15, 0.2) is 23.0 Å². The third-order valence-electron chi connectivity index (χ3n) is 4.74. The number of alkyl halides is 2. The molecule has 28 heavy (non-hydrogen) atoms. The number of benzene rings is 1. The number of halogens is 3. The van der Waals surface area contributed by atoms with Gasteiger partial charge in [-0.1, -0.05) is 25.4 Å². The lowest BCUT2D eigenvalue weighted by Crippen LogP contribution is -2.26. The van der Waals surface area contributed by atoms with Gasteiger partial charge < -0.3 is 4.74 Å². The summed E-state index contributed by atoms with van der Waals surface area (Å²) in [5, 5.41) is 4.86. The molecule has 0 N–H and O–H groups in total. The van der Waals surface area contributed by atoms with E-state index in [-0.39, 0.29) is 22.2 Å². The van der Waals surface area contributed by atoms with Gasteiger partial charge in [-0.05, 0) is 49.9 Å². The molecule has 0 spiro atoms. The van der Waals surface area contributed by atoms with Crippen LogP contribution in [0.1, 0.15) is 43.5 Å². The number of aromatic nitrogens is 3. The molecule has 0 saturated carbocycles. The highest BCUT2D eigenvalue weighted by atomic mass is 35.5. The van der Waals surface area contributed by atoms with Crippen molar-refractivity contribution in [1.29, 1.82) is 0 Å². The largest absolute Gasteiger partial charge is 0.435 e. The third kappa shape index (κ3) is 3.39. The van der Waals surface area contributed by atoms with E-state index in [1.54, 1.807) is 22.1 Å². The number of aryl methyl sites for hydroxylation is 2. The Balaban J connectivity index is 2.31. The fourth-order valence-corrected chi connectivity index (χ4v) is 3.60. The first-order valence-corrected chi connectivity index (χ1v) is 9.41. The molecule has 150 valence electrons. The van der Waals surface area contributed by atoms with Gasteiger partial charge in [0.2, 0.25) is 0 Å². The van der Waals surface area contributed by atoms with Gasteiger partial charge in [0.25, 0.3) is 5.56 Å². The number of hydrogen-bond donors (Lipinski definition) is 0. The summed E-state index contributed by atoms with van der Waals surface area (Å²) in [5.41, 5.74) is 3.12. The molecule has 8 heteroatoms. The van der Waals surface area contributed by atoms with Gasteiger partial charge in [-0.2, -0.15) is 8.78 Å². The molecule has 5 nitrogen and oxygen atoms in total. The molecular formula is C20H22ClF2N3O2. The van der Waals surface area contributed by atoms with Crippen LogP contribution in [0.4, 0.5) is 8.78 Å². The van der Waals surface area contributed by atoms with Crippen LogP contribution in [0.3, 0.4) is 0 Å². The molecular weight excluding hydrogens is 388 g/mol. The molecule has 3 aromatic rings. The summed E-state index contributed by atoms with van der Waals surface area (Å²) in [6.07, 6.45) is 0. The molecule has 0 aliphatic rings. The zero-order valence-corrected chi connectivity index (χ0v) is 17.1. The molecule has 0 aliphatic heterocycles. The van der Waals surface area contributed by atoms with Gasteiger partial charge in [0.05, 0.1) is 5.02 Å². The number of rotatable bonds is 5. The standard InChI is InChI=1S/C20H22ClF2N3O2/c1-6-25-18(14-7-11(4)16(9-15(14)21)28-20(22)23)24-26-12(5)8-13(10(2)3)17(26)19(25)27/h7-10,20H,6H2,1-5H3. The molecule has 0 fully saturated rings. The zero-order chi connectivity index (χ0) is 20.7. The van der Waals surface area contributed by atoms with E-state index in [2.05, 4.69) is 9.84 Å². The van der Waals surface area contributed by atoms with E-state index < -0.39 is 6.61 Å². The topological polar surface area (TPSA) is 48.5 Å². The Kier molecular flexibility index (Phi) is 5.48. The van der Waals surface area contributed by atoms with Crippen molar-refractivity contribution >= 4 is 17.1 Å². The van der Waals surface area contributed by atoms with E-state index in [1.165, 1.54) is 6.07 Å². The van der Waals surface area contributed by atoms with Crippen LogP contribution in [0.25, 0.3) is 16.9 Å². The predicted octanol–water partition coefficient (Wildman–Crippen LogP) is 5.18. The fourth-order valence-electron chi connectivity index (χ4n) is 3.36. The van der Waals surface area contributed by atoms with Gasteiger partial charge in [-0.25, -0.2) is 4.52 Å². The van der Waals surface area contributed by atoms with Crippen LogP contribution in [0, 0.1) is 13.8 Å². The smallest absolute Gasteiger partial charge is 0.387 e. The van der Waals surface area contributed by atoms with Crippen molar-refractivity contribution in [1.82, 2.24) is 14.2 Å². The minimum Gasteiger partial charge on any atom is -0.435 e. The molecule has 0 saturated heterocycles. The fraction of sp³-hybridized carbons (Fsp3) is 0.400. The molecule has 2 aromatic heterocycles. The maximum atomic E-state index is 13.2. The highest BCUT2D eigenvalue weighted by Crippen LogP contribution is 2.34. The Morgan fingerprint density at radius 2 is 1.89 bits per heavy atom. The van der Waals surface area contributed by atoms with Crippen molar-refractivity contribution in [2.45, 2.75) is 53.7 Å². The van der Waals surface area contributed by atoms with Crippen LogP contribution in [0.2, 0.25) is 5.02 Å². The summed E-state index contributed by atoms with van der Waals surface area (Å²) >= 11 is 6.36. The molecule has 1 aromatic carbocycles. The second-order valence-electron chi connectivity index (χ2n) is 7.01. The summed E-state index contributed by atoms with van der Waals surface area (Å²) in [4.78, 5) is 13.2. The van der Waals surface area contributed by atoms with Gasteiger partial charge in [0.1, 0.15) is 11.3 Å². The van der Waals surface area contributed by atoms with Gasteiger partial charge in [-0.3, -0.25) is 9.36 Å². The van der Waals surface area contributed by atoms with E-state index >= 15 is 0 Å². The second kappa shape index (κ2) is 7.54. The van der Waals surface area contributed by atoms with Crippen molar-refractivity contribution in [3.05, 3.63) is 50.4 Å². The lowest BCUT2D eigenvalue weighted by Gasteiger charge is -2.16. The van der Waals surface area contributed by atoms with Gasteiger partial charge in [-0.15, -0.1) is 5.10 Å². The highest BCUT2D eigenvalue weighted by Gasteiger charge is 2.21. The lowest BCUT2D eigenvalue weighted by atomic mass is 10.1. The Bertz CT molecular complexity index is 1100. The van der Waals surface area contributed by atoms with Gasteiger partial charge in [0.15, 0.2) is 5.82 Å². The lowest BCUT2D eigenvalue weighted by molar-refractivity contribution is -0.0502. The number of fused-ring (bicyclic) bond motifs is 1. The summed E-state index contributed by atoms with van der Waals surface area (Å²) in [7, 11) is 0. The van der Waals surface area contributed by atoms with Gasteiger partial charge in [0, 0.05) is 23.9 Å². The Hall–Kier alpha value is -2.41. The molecule has 0 radical (unpaired) electrons.